The topological polar surface area (TPSA) is 30.7 Å². The molecule has 0 saturated heterocycles. The van der Waals surface area contributed by atoms with Crippen LogP contribution in [0.3, 0.4) is 0 Å². The van der Waals surface area contributed by atoms with Crippen LogP contribution in [0.4, 0.5) is 0 Å². The van der Waals surface area contributed by atoms with E-state index in [1.807, 2.05) is 0 Å². The second-order valence-corrected chi connectivity index (χ2v) is 16.3. The Hall–Kier alpha value is -7.62. The Morgan fingerprint density at radius 2 is 1.15 bits per heavy atom. The molecular formula is C57H37N3. The summed E-state index contributed by atoms with van der Waals surface area (Å²) >= 11 is 0. The van der Waals surface area contributed by atoms with Gasteiger partial charge in [-0.3, -0.25) is 0 Å². The number of aryl methyl sites for hydroxylation is 1. The molecule has 3 aliphatic rings. The Morgan fingerprint density at radius 1 is 0.483 bits per heavy atom. The molecule has 60 heavy (non-hydrogen) atoms. The summed E-state index contributed by atoms with van der Waals surface area (Å²) in [6.07, 6.45) is 6.77. The van der Waals surface area contributed by atoms with Crippen LogP contribution in [0, 0.1) is 0 Å². The lowest BCUT2D eigenvalue weighted by Crippen LogP contribution is -2.27. The van der Waals surface area contributed by atoms with E-state index < -0.39 is 5.41 Å². The van der Waals surface area contributed by atoms with E-state index in [2.05, 4.69) is 205 Å². The largest absolute Gasteiger partial charge is 0.310 e. The molecule has 0 radical (unpaired) electrons. The number of rotatable bonds is 4. The van der Waals surface area contributed by atoms with E-state index in [1.165, 1.54) is 83.1 Å². The molecule has 3 nitrogen and oxygen atoms in total. The smallest absolute Gasteiger partial charge is 0.160 e. The molecule has 0 amide bonds. The fourth-order valence-corrected chi connectivity index (χ4v) is 10.8. The minimum absolute atomic E-state index is 0.658. The van der Waals surface area contributed by atoms with Gasteiger partial charge in [-0.05, 0) is 104 Å². The fourth-order valence-electron chi connectivity index (χ4n) is 10.8. The normalized spacial score (nSPS) is 15.5. The van der Waals surface area contributed by atoms with Crippen molar-refractivity contribution in [2.24, 2.45) is 0 Å². The predicted molar refractivity (Wildman–Crippen MR) is 246 cm³/mol. The third kappa shape index (κ3) is 4.55. The Kier molecular flexibility index (Phi) is 7.06. The first-order valence-electron chi connectivity index (χ1n) is 21.0. The highest BCUT2D eigenvalue weighted by Gasteiger charge is 2.54. The summed E-state index contributed by atoms with van der Waals surface area (Å²) in [6.45, 7) is 0. The molecule has 8 aromatic carbocycles. The van der Waals surface area contributed by atoms with Gasteiger partial charge in [0.2, 0.25) is 0 Å². The lowest BCUT2D eigenvalue weighted by atomic mass is 9.72. The highest BCUT2D eigenvalue weighted by atomic mass is 15.0. The molecule has 0 fully saturated rings. The van der Waals surface area contributed by atoms with Crippen LogP contribution in [0.2, 0.25) is 0 Å². The first kappa shape index (κ1) is 33.4. The zero-order valence-corrected chi connectivity index (χ0v) is 32.8. The van der Waals surface area contributed by atoms with Gasteiger partial charge in [-0.2, -0.15) is 0 Å². The van der Waals surface area contributed by atoms with Gasteiger partial charge in [0, 0.05) is 33.5 Å². The summed E-state index contributed by atoms with van der Waals surface area (Å²) < 4.78 is 2.43. The molecule has 0 aliphatic heterocycles. The number of fused-ring (bicyclic) bond motifs is 14. The Bertz CT molecular complexity index is 3420. The maximum Gasteiger partial charge on any atom is 0.160 e. The molecule has 0 bridgehead atoms. The van der Waals surface area contributed by atoms with Crippen molar-refractivity contribution in [3.8, 4) is 61.7 Å². The van der Waals surface area contributed by atoms with E-state index in [0.29, 0.717) is 0 Å². The minimum atomic E-state index is -0.658. The van der Waals surface area contributed by atoms with Crippen molar-refractivity contribution < 1.29 is 0 Å². The van der Waals surface area contributed by atoms with Crippen molar-refractivity contribution in [3.05, 3.63) is 228 Å². The van der Waals surface area contributed by atoms with Gasteiger partial charge in [0.25, 0.3) is 0 Å². The molecule has 10 aromatic rings. The first-order valence-corrected chi connectivity index (χ1v) is 21.0. The zero-order valence-electron chi connectivity index (χ0n) is 32.8. The van der Waals surface area contributed by atoms with Gasteiger partial charge in [0.05, 0.1) is 22.3 Å². The fraction of sp³-hybridized carbons (Fsp3) is 0.0526. The molecule has 280 valence electrons. The number of hydrogen-bond acceptors (Lipinski definition) is 2. The highest BCUT2D eigenvalue weighted by Crippen LogP contribution is 2.64. The number of hydrogen-bond donors (Lipinski definition) is 0. The van der Waals surface area contributed by atoms with Gasteiger partial charge in [-0.15, -0.1) is 0 Å². The van der Waals surface area contributed by atoms with Crippen molar-refractivity contribution in [2.75, 3.05) is 0 Å². The molecule has 0 saturated carbocycles. The minimum Gasteiger partial charge on any atom is -0.310 e. The van der Waals surface area contributed by atoms with Crippen LogP contribution in [-0.4, -0.2) is 14.5 Å². The molecule has 1 atom stereocenters. The van der Waals surface area contributed by atoms with Crippen LogP contribution >= 0.6 is 0 Å². The molecule has 2 aromatic heterocycles. The molecule has 0 N–H and O–H groups in total. The average Bonchev–Trinajstić information content (AvgIpc) is 3.93. The standard InChI is InChI=1S/C57H37N3/c1-2-16-38(17-3-1)56-58-54(46-24-14-18-37-15-4-5-19-41(37)46)53-47-23-7-11-26-49(47)57(55(53)59-56)48-25-10-6-20-42(48)43-34-31-39(35-50(43)57)36-29-32-40(33-30-36)60-51-27-12-8-21-44(51)45-22-9-13-28-52(45)60/h1-8,10-21,23-35H,9,22H2. The molecular weight excluding hydrogens is 727 g/mol. The van der Waals surface area contributed by atoms with Crippen LogP contribution in [0.5, 0.6) is 0 Å². The summed E-state index contributed by atoms with van der Waals surface area (Å²) in [7, 11) is 0. The molecule has 2 heterocycles. The predicted octanol–water partition coefficient (Wildman–Crippen LogP) is 13.9. The first-order chi connectivity index (χ1) is 29.8. The van der Waals surface area contributed by atoms with Crippen LogP contribution < -0.4 is 0 Å². The summed E-state index contributed by atoms with van der Waals surface area (Å²) in [5, 5.41) is 3.73. The zero-order chi connectivity index (χ0) is 39.4. The second-order valence-electron chi connectivity index (χ2n) is 16.3. The van der Waals surface area contributed by atoms with E-state index in [1.54, 1.807) is 0 Å². The van der Waals surface area contributed by atoms with Gasteiger partial charge >= 0.3 is 0 Å². The maximum absolute atomic E-state index is 5.72. The Labute approximate surface area is 348 Å². The van der Waals surface area contributed by atoms with Crippen molar-refractivity contribution in [2.45, 2.75) is 18.3 Å². The number of aromatic nitrogens is 3. The quantitative estimate of drug-likeness (QED) is 0.179. The monoisotopic (exact) mass is 763 g/mol. The molecule has 13 rings (SSSR count). The molecule has 3 heteroatoms. The van der Waals surface area contributed by atoms with Crippen molar-refractivity contribution in [3.63, 3.8) is 0 Å². The number of allylic oxidation sites excluding steroid dienone is 1. The van der Waals surface area contributed by atoms with Gasteiger partial charge in [0.15, 0.2) is 5.82 Å². The SMILES string of the molecule is C1=Cc2c(c3ccccc3n2-c2ccc(-c3ccc4c(c3)C3(c5ccccc5-4)c4ccccc4-c4c(-c5cccc6ccccc56)nc(-c5ccccc5)nc43)cc2)CC1. The van der Waals surface area contributed by atoms with Gasteiger partial charge in [-0.1, -0.05) is 170 Å². The van der Waals surface area contributed by atoms with Crippen LogP contribution in [0.1, 0.15) is 40.1 Å². The molecule has 1 unspecified atom stereocenters. The average molecular weight is 764 g/mol. The number of benzene rings is 8. The summed E-state index contributed by atoms with van der Waals surface area (Å²) in [5.74, 6) is 0.733. The van der Waals surface area contributed by atoms with E-state index in [0.717, 1.165) is 46.7 Å². The highest BCUT2D eigenvalue weighted by molar-refractivity contribution is 6.04. The Morgan fingerprint density at radius 3 is 2.02 bits per heavy atom. The van der Waals surface area contributed by atoms with E-state index in [-0.39, 0.29) is 0 Å². The van der Waals surface area contributed by atoms with E-state index >= 15 is 0 Å². The number of para-hydroxylation sites is 1. The van der Waals surface area contributed by atoms with Crippen LogP contribution in [0.25, 0.3) is 89.5 Å². The van der Waals surface area contributed by atoms with Gasteiger partial charge in [-0.25, -0.2) is 9.97 Å². The molecule has 1 spiro atoms. The summed E-state index contributed by atoms with van der Waals surface area (Å²) in [5.41, 5.74) is 19.6. The lowest BCUT2D eigenvalue weighted by Gasteiger charge is -2.30. The summed E-state index contributed by atoms with van der Waals surface area (Å²) in [6, 6.07) is 68.8. The Balaban J connectivity index is 1.06. The van der Waals surface area contributed by atoms with E-state index in [9.17, 15) is 0 Å². The van der Waals surface area contributed by atoms with Gasteiger partial charge in [0.1, 0.15) is 0 Å². The third-order valence-corrected chi connectivity index (χ3v) is 13.3. The number of nitrogens with zero attached hydrogens (tertiary/aromatic N) is 3. The third-order valence-electron chi connectivity index (χ3n) is 13.3. The maximum atomic E-state index is 5.72. The van der Waals surface area contributed by atoms with Crippen molar-refractivity contribution in [1.29, 1.82) is 0 Å². The van der Waals surface area contributed by atoms with Crippen molar-refractivity contribution in [1.82, 2.24) is 14.5 Å². The van der Waals surface area contributed by atoms with Crippen LogP contribution in [-0.2, 0) is 11.8 Å². The van der Waals surface area contributed by atoms with E-state index in [4.69, 9.17) is 9.97 Å². The van der Waals surface area contributed by atoms with Crippen molar-refractivity contribution >= 4 is 27.8 Å². The second kappa shape index (κ2) is 12.7. The van der Waals surface area contributed by atoms with Gasteiger partial charge < -0.3 is 4.57 Å². The molecule has 3 aliphatic carbocycles. The lowest BCUT2D eigenvalue weighted by molar-refractivity contribution is 0.758. The summed E-state index contributed by atoms with van der Waals surface area (Å²) in [4.78, 5) is 11.2. The van der Waals surface area contributed by atoms with Crippen LogP contribution in [0.15, 0.2) is 194 Å².